The van der Waals surface area contributed by atoms with Gasteiger partial charge in [0.05, 0.1) is 0 Å². The first-order valence-corrected chi connectivity index (χ1v) is 11.4. The SMILES string of the molecule is Cc1ccc(-c2ccc(-c3cc(F)c(C(F)(F)Oc4cc(F)c(F)c(P)c4)c(P)c3)c(F)c2)cc1. The van der Waals surface area contributed by atoms with Crippen molar-refractivity contribution in [3.8, 4) is 28.0 Å². The number of hydrogen-bond donors (Lipinski definition) is 0. The zero-order valence-electron chi connectivity index (χ0n) is 18.2. The number of rotatable bonds is 5. The number of aryl methyl sites for hydroxylation is 1. The number of benzene rings is 4. The molecule has 4 aromatic rings. The highest BCUT2D eigenvalue weighted by atomic mass is 31.0. The van der Waals surface area contributed by atoms with Crippen molar-refractivity contribution in [2.24, 2.45) is 0 Å². The predicted molar refractivity (Wildman–Crippen MR) is 132 cm³/mol. The third kappa shape index (κ3) is 5.22. The fraction of sp³-hybridized carbons (Fsp3) is 0.0769. The van der Waals surface area contributed by atoms with E-state index in [1.54, 1.807) is 6.07 Å². The zero-order chi connectivity index (χ0) is 25.5. The van der Waals surface area contributed by atoms with Crippen LogP contribution in [0.1, 0.15) is 11.1 Å². The molecule has 0 spiro atoms. The maximum Gasteiger partial charge on any atom is 0.430 e. The molecule has 0 aliphatic rings. The largest absolute Gasteiger partial charge is 0.430 e. The van der Waals surface area contributed by atoms with Crippen LogP contribution >= 0.6 is 18.5 Å². The lowest BCUT2D eigenvalue weighted by atomic mass is 9.98. The van der Waals surface area contributed by atoms with Gasteiger partial charge in [-0.05, 0) is 53.2 Å². The summed E-state index contributed by atoms with van der Waals surface area (Å²) in [5.74, 6) is -5.33. The van der Waals surface area contributed by atoms with E-state index in [1.807, 2.05) is 49.7 Å². The Morgan fingerprint density at radius 1 is 0.657 bits per heavy atom. The topological polar surface area (TPSA) is 9.23 Å². The first-order valence-electron chi connectivity index (χ1n) is 10.2. The Bertz CT molecular complexity index is 1370. The van der Waals surface area contributed by atoms with E-state index in [2.05, 4.69) is 4.74 Å². The second-order valence-corrected chi connectivity index (χ2v) is 9.15. The highest BCUT2D eigenvalue weighted by Crippen LogP contribution is 2.36. The Labute approximate surface area is 202 Å². The van der Waals surface area contributed by atoms with Crippen molar-refractivity contribution in [2.75, 3.05) is 0 Å². The molecule has 0 saturated heterocycles. The van der Waals surface area contributed by atoms with E-state index in [1.165, 1.54) is 18.2 Å². The van der Waals surface area contributed by atoms with E-state index < -0.39 is 40.7 Å². The third-order valence-corrected chi connectivity index (χ3v) is 6.23. The van der Waals surface area contributed by atoms with Crippen molar-refractivity contribution in [1.29, 1.82) is 0 Å². The summed E-state index contributed by atoms with van der Waals surface area (Å²) in [7, 11) is 3.83. The predicted octanol–water partition coefficient (Wildman–Crippen LogP) is 7.01. The van der Waals surface area contributed by atoms with Crippen LogP contribution in [0.15, 0.2) is 66.7 Å². The molecule has 2 atom stereocenters. The van der Waals surface area contributed by atoms with Gasteiger partial charge < -0.3 is 4.74 Å². The van der Waals surface area contributed by atoms with Gasteiger partial charge in [-0.15, -0.1) is 18.5 Å². The molecule has 0 saturated carbocycles. The van der Waals surface area contributed by atoms with Gasteiger partial charge in [0, 0.05) is 16.9 Å². The van der Waals surface area contributed by atoms with Crippen LogP contribution in [0, 0.1) is 30.2 Å². The minimum atomic E-state index is -4.23. The Morgan fingerprint density at radius 3 is 1.89 bits per heavy atom. The van der Waals surface area contributed by atoms with Crippen LogP contribution in [-0.4, -0.2) is 0 Å². The van der Waals surface area contributed by atoms with Gasteiger partial charge >= 0.3 is 6.11 Å². The Morgan fingerprint density at radius 2 is 1.29 bits per heavy atom. The van der Waals surface area contributed by atoms with E-state index in [0.29, 0.717) is 11.6 Å². The highest BCUT2D eigenvalue weighted by Gasteiger charge is 2.40. The quantitative estimate of drug-likeness (QED) is 0.202. The third-order valence-electron chi connectivity index (χ3n) is 5.35. The minimum Gasteiger partial charge on any atom is -0.429 e. The van der Waals surface area contributed by atoms with Crippen molar-refractivity contribution in [3.05, 3.63) is 101 Å². The van der Waals surface area contributed by atoms with Gasteiger partial charge in [0.15, 0.2) is 11.6 Å². The maximum atomic E-state index is 14.9. The molecule has 0 bridgehead atoms. The van der Waals surface area contributed by atoms with Gasteiger partial charge in [-0.2, -0.15) is 8.78 Å². The van der Waals surface area contributed by atoms with Crippen molar-refractivity contribution >= 4 is 29.1 Å². The van der Waals surface area contributed by atoms with Crippen molar-refractivity contribution in [1.82, 2.24) is 0 Å². The molecule has 35 heavy (non-hydrogen) atoms. The molecule has 4 rings (SSSR count). The summed E-state index contributed by atoms with van der Waals surface area (Å²) >= 11 is 0. The van der Waals surface area contributed by atoms with Gasteiger partial charge in [0.2, 0.25) is 0 Å². The highest BCUT2D eigenvalue weighted by molar-refractivity contribution is 7.27. The Balaban J connectivity index is 1.67. The molecule has 0 heterocycles. The van der Waals surface area contributed by atoms with Gasteiger partial charge in [-0.25, -0.2) is 17.6 Å². The molecule has 0 aliphatic heterocycles. The fourth-order valence-electron chi connectivity index (χ4n) is 3.61. The summed E-state index contributed by atoms with van der Waals surface area (Å²) in [6, 6.07) is 15.1. The summed E-state index contributed by atoms with van der Waals surface area (Å²) in [6.07, 6.45) is -4.23. The van der Waals surface area contributed by atoms with E-state index in [4.69, 9.17) is 0 Å². The van der Waals surface area contributed by atoms with E-state index in [0.717, 1.165) is 23.3 Å². The second-order valence-electron chi connectivity index (χ2n) is 7.91. The zero-order valence-corrected chi connectivity index (χ0v) is 20.5. The van der Waals surface area contributed by atoms with Crippen molar-refractivity contribution < 1.29 is 31.1 Å². The maximum absolute atomic E-state index is 14.9. The van der Waals surface area contributed by atoms with Crippen LogP contribution in [0.2, 0.25) is 0 Å². The second kappa shape index (κ2) is 9.64. The summed E-state index contributed by atoms with van der Waals surface area (Å²) in [5.41, 5.74) is 1.38. The number of alkyl halides is 2. The van der Waals surface area contributed by atoms with Gasteiger partial charge in [-0.1, -0.05) is 42.0 Å². The molecule has 2 unspecified atom stereocenters. The number of ether oxygens (including phenoxy) is 1. The molecule has 0 radical (unpaired) electrons. The van der Waals surface area contributed by atoms with Crippen molar-refractivity contribution in [3.63, 3.8) is 0 Å². The summed E-state index contributed by atoms with van der Waals surface area (Å²) < 4.78 is 91.0. The molecule has 180 valence electrons. The number of hydrogen-bond acceptors (Lipinski definition) is 1. The minimum absolute atomic E-state index is 0.0208. The lowest BCUT2D eigenvalue weighted by Gasteiger charge is -2.21. The first-order chi connectivity index (χ1) is 16.5. The first kappa shape index (κ1) is 25.2. The van der Waals surface area contributed by atoms with Crippen LogP contribution in [-0.2, 0) is 6.11 Å². The van der Waals surface area contributed by atoms with E-state index in [9.17, 15) is 26.3 Å². The van der Waals surface area contributed by atoms with Crippen LogP contribution in [0.25, 0.3) is 22.3 Å². The normalized spacial score (nSPS) is 11.6. The van der Waals surface area contributed by atoms with Crippen LogP contribution in [0.3, 0.4) is 0 Å². The Hall–Kier alpha value is -2.88. The summed E-state index contributed by atoms with van der Waals surface area (Å²) in [5, 5.41) is -0.622. The molecule has 0 amide bonds. The molecule has 1 nitrogen and oxygen atoms in total. The average molecular weight is 522 g/mol. The molecule has 4 aromatic carbocycles. The molecule has 9 heteroatoms. The van der Waals surface area contributed by atoms with Gasteiger partial charge in [0.1, 0.15) is 22.9 Å². The molecule has 0 aliphatic carbocycles. The lowest BCUT2D eigenvalue weighted by Crippen LogP contribution is -2.29. The summed E-state index contributed by atoms with van der Waals surface area (Å²) in [4.78, 5) is 0. The number of halogens is 6. The Kier molecular flexibility index (Phi) is 6.95. The summed E-state index contributed by atoms with van der Waals surface area (Å²) in [6.45, 7) is 1.93. The molecular formula is C26H18F6OP2. The molecule has 0 aromatic heterocycles. The smallest absolute Gasteiger partial charge is 0.429 e. The van der Waals surface area contributed by atoms with Crippen LogP contribution in [0.5, 0.6) is 5.75 Å². The van der Waals surface area contributed by atoms with Crippen molar-refractivity contribution in [2.45, 2.75) is 13.0 Å². The van der Waals surface area contributed by atoms with E-state index >= 15 is 0 Å². The van der Waals surface area contributed by atoms with Crippen LogP contribution < -0.4 is 15.3 Å². The standard InChI is InChI=1S/C26H18F6OP2/c1-13-2-4-14(5-3-13)15-6-7-18(19(27)8-15)16-9-20(28)24(22(34)10-16)26(31,32)33-17-11-21(29)25(30)23(35)12-17/h2-12H,34-35H2,1H3. The van der Waals surface area contributed by atoms with Gasteiger partial charge in [0.25, 0.3) is 0 Å². The van der Waals surface area contributed by atoms with Gasteiger partial charge in [-0.3, -0.25) is 0 Å². The molecular weight excluding hydrogens is 504 g/mol. The van der Waals surface area contributed by atoms with E-state index in [-0.39, 0.29) is 21.7 Å². The fourth-order valence-corrected chi connectivity index (χ4v) is 4.40. The van der Waals surface area contributed by atoms with Crippen LogP contribution in [0.4, 0.5) is 26.3 Å². The average Bonchev–Trinajstić information content (AvgIpc) is 2.76. The molecule has 0 N–H and O–H groups in total. The lowest BCUT2D eigenvalue weighted by molar-refractivity contribution is -0.186. The molecule has 0 fully saturated rings. The monoisotopic (exact) mass is 522 g/mol.